The fourth-order valence-electron chi connectivity index (χ4n) is 1.47. The number of ether oxygens (including phenoxy) is 1. The first kappa shape index (κ1) is 16.6. The SMILES string of the molecule is CCC(OC(=O)/C(C)=C/[Si](C)(C)OC)[Si](C)C. The highest BCUT2D eigenvalue weighted by molar-refractivity contribution is 6.76. The van der Waals surface area contributed by atoms with Gasteiger partial charge in [-0.15, -0.1) is 0 Å². The van der Waals surface area contributed by atoms with Crippen LogP contribution < -0.4 is 0 Å². The second-order valence-electron chi connectivity index (χ2n) is 5.01. The normalized spacial score (nSPS) is 14.9. The van der Waals surface area contributed by atoms with Crippen LogP contribution in [0, 0.1) is 0 Å². The Bertz CT molecular complexity index is 285. The fourth-order valence-corrected chi connectivity index (χ4v) is 3.91. The van der Waals surface area contributed by atoms with E-state index in [4.69, 9.17) is 9.16 Å². The highest BCUT2D eigenvalue weighted by atomic mass is 28.4. The summed E-state index contributed by atoms with van der Waals surface area (Å²) >= 11 is 0. The molecule has 0 bridgehead atoms. The maximum Gasteiger partial charge on any atom is 0.333 e. The lowest BCUT2D eigenvalue weighted by atomic mass is 10.3. The molecule has 0 fully saturated rings. The van der Waals surface area contributed by atoms with Crippen LogP contribution in [0.1, 0.15) is 20.3 Å². The van der Waals surface area contributed by atoms with Crippen LogP contribution in [-0.4, -0.2) is 35.9 Å². The monoisotopic (exact) mass is 273 g/mol. The minimum absolute atomic E-state index is 0.100. The molecular formula is C12H25O3Si2. The third-order valence-corrected chi connectivity index (χ3v) is 6.67. The van der Waals surface area contributed by atoms with E-state index >= 15 is 0 Å². The number of esters is 1. The first-order valence-electron chi connectivity index (χ1n) is 5.99. The molecule has 0 amide bonds. The molecule has 0 spiro atoms. The predicted octanol–water partition coefficient (Wildman–Crippen LogP) is 2.94. The van der Waals surface area contributed by atoms with E-state index in [1.54, 1.807) is 14.0 Å². The molecule has 0 aromatic heterocycles. The van der Waals surface area contributed by atoms with Crippen molar-refractivity contribution in [3.63, 3.8) is 0 Å². The number of carbonyl (C=O) groups excluding carboxylic acids is 1. The zero-order valence-electron chi connectivity index (χ0n) is 12.1. The Balaban J connectivity index is 4.61. The summed E-state index contributed by atoms with van der Waals surface area (Å²) in [4.78, 5) is 11.9. The highest BCUT2D eigenvalue weighted by Gasteiger charge is 2.22. The van der Waals surface area contributed by atoms with E-state index in [-0.39, 0.29) is 11.7 Å². The molecule has 1 atom stereocenters. The Morgan fingerprint density at radius 2 is 1.94 bits per heavy atom. The first-order valence-corrected chi connectivity index (χ1v) is 11.6. The van der Waals surface area contributed by atoms with E-state index in [0.717, 1.165) is 6.42 Å². The van der Waals surface area contributed by atoms with Crippen LogP contribution in [0.4, 0.5) is 0 Å². The van der Waals surface area contributed by atoms with Gasteiger partial charge in [-0.3, -0.25) is 0 Å². The maximum absolute atomic E-state index is 11.9. The van der Waals surface area contributed by atoms with Gasteiger partial charge in [0.25, 0.3) is 0 Å². The van der Waals surface area contributed by atoms with Gasteiger partial charge in [-0.1, -0.05) is 25.7 Å². The molecule has 0 aliphatic rings. The molecular weight excluding hydrogens is 248 g/mol. The Kier molecular flexibility index (Phi) is 6.96. The van der Waals surface area contributed by atoms with Crippen LogP contribution in [0.25, 0.3) is 0 Å². The van der Waals surface area contributed by atoms with Crippen molar-refractivity contribution in [3.05, 3.63) is 11.3 Å². The summed E-state index contributed by atoms with van der Waals surface area (Å²) in [5, 5.41) is 0. The zero-order chi connectivity index (χ0) is 13.6. The minimum Gasteiger partial charge on any atom is -0.463 e. The van der Waals surface area contributed by atoms with Crippen LogP contribution in [0.15, 0.2) is 11.3 Å². The van der Waals surface area contributed by atoms with Crippen LogP contribution in [0.2, 0.25) is 26.2 Å². The average Bonchev–Trinajstić information content (AvgIpc) is 2.24. The van der Waals surface area contributed by atoms with Crippen LogP contribution in [0.5, 0.6) is 0 Å². The molecule has 1 radical (unpaired) electrons. The van der Waals surface area contributed by atoms with Gasteiger partial charge < -0.3 is 9.16 Å². The standard InChI is InChI=1S/C12H25O3Si2/c1-8-11(16(4)5)15-12(13)10(2)9-17(6,7)14-3/h9,11H,8H2,1-7H3/b10-9+. The zero-order valence-corrected chi connectivity index (χ0v) is 14.1. The lowest BCUT2D eigenvalue weighted by Gasteiger charge is -2.20. The minimum atomic E-state index is -1.85. The molecule has 0 aliphatic carbocycles. The number of rotatable bonds is 6. The van der Waals surface area contributed by atoms with E-state index in [9.17, 15) is 4.79 Å². The number of hydrogen-bond acceptors (Lipinski definition) is 3. The molecule has 0 saturated heterocycles. The average molecular weight is 274 g/mol. The van der Waals surface area contributed by atoms with E-state index < -0.39 is 17.1 Å². The Morgan fingerprint density at radius 1 is 1.41 bits per heavy atom. The third-order valence-electron chi connectivity index (χ3n) is 2.68. The van der Waals surface area contributed by atoms with Gasteiger partial charge >= 0.3 is 5.97 Å². The molecule has 0 heterocycles. The van der Waals surface area contributed by atoms with Crippen molar-refractivity contribution in [2.24, 2.45) is 0 Å². The van der Waals surface area contributed by atoms with Crippen molar-refractivity contribution >= 4 is 23.1 Å². The van der Waals surface area contributed by atoms with E-state index in [1.165, 1.54) is 0 Å². The predicted molar refractivity (Wildman–Crippen MR) is 75.9 cm³/mol. The molecule has 0 N–H and O–H groups in total. The molecule has 1 unspecified atom stereocenters. The van der Waals surface area contributed by atoms with Gasteiger partial charge in [0.15, 0.2) is 0 Å². The van der Waals surface area contributed by atoms with Gasteiger partial charge in [0.2, 0.25) is 8.32 Å². The lowest BCUT2D eigenvalue weighted by Crippen LogP contribution is -2.31. The fraction of sp³-hybridized carbons (Fsp3) is 0.750. The van der Waals surface area contributed by atoms with Crippen molar-refractivity contribution in [1.82, 2.24) is 0 Å². The maximum atomic E-state index is 11.9. The van der Waals surface area contributed by atoms with Gasteiger partial charge in [-0.05, 0) is 26.4 Å². The molecule has 0 aromatic rings. The Labute approximate surface area is 108 Å². The van der Waals surface area contributed by atoms with Crippen LogP contribution in [0.3, 0.4) is 0 Å². The van der Waals surface area contributed by atoms with Crippen molar-refractivity contribution < 1.29 is 14.0 Å². The second kappa shape index (κ2) is 7.13. The van der Waals surface area contributed by atoms with Gasteiger partial charge in [0.1, 0.15) is 0 Å². The van der Waals surface area contributed by atoms with Crippen molar-refractivity contribution in [1.29, 1.82) is 0 Å². The molecule has 0 aromatic carbocycles. The summed E-state index contributed by atoms with van der Waals surface area (Å²) < 4.78 is 10.9. The van der Waals surface area contributed by atoms with Gasteiger partial charge in [0, 0.05) is 12.7 Å². The van der Waals surface area contributed by atoms with E-state index in [2.05, 4.69) is 33.1 Å². The highest BCUT2D eigenvalue weighted by Crippen LogP contribution is 2.12. The van der Waals surface area contributed by atoms with E-state index in [1.807, 2.05) is 5.70 Å². The van der Waals surface area contributed by atoms with Crippen molar-refractivity contribution in [2.45, 2.75) is 52.2 Å². The summed E-state index contributed by atoms with van der Waals surface area (Å²) in [6.45, 7) is 12.3. The molecule has 0 rings (SSSR count). The number of hydrogen-bond donors (Lipinski definition) is 0. The lowest BCUT2D eigenvalue weighted by molar-refractivity contribution is -0.141. The molecule has 17 heavy (non-hydrogen) atoms. The van der Waals surface area contributed by atoms with Crippen molar-refractivity contribution in [2.75, 3.05) is 7.11 Å². The summed E-state index contributed by atoms with van der Waals surface area (Å²) in [7, 11) is -0.747. The summed E-state index contributed by atoms with van der Waals surface area (Å²) in [5.74, 6) is -0.194. The molecule has 99 valence electrons. The number of carbonyl (C=O) groups is 1. The van der Waals surface area contributed by atoms with E-state index in [0.29, 0.717) is 5.57 Å². The van der Waals surface area contributed by atoms with Gasteiger partial charge in [-0.25, -0.2) is 4.79 Å². The molecule has 5 heteroatoms. The quantitative estimate of drug-likeness (QED) is 0.424. The topological polar surface area (TPSA) is 35.5 Å². The largest absolute Gasteiger partial charge is 0.463 e. The summed E-state index contributed by atoms with van der Waals surface area (Å²) in [6.07, 6.45) is 0.894. The molecule has 3 nitrogen and oxygen atoms in total. The third kappa shape index (κ3) is 6.19. The summed E-state index contributed by atoms with van der Waals surface area (Å²) in [6, 6.07) is 0. The molecule has 0 aliphatic heterocycles. The van der Waals surface area contributed by atoms with Gasteiger partial charge in [-0.2, -0.15) is 0 Å². The first-order chi connectivity index (χ1) is 7.73. The second-order valence-corrected chi connectivity index (χ2v) is 11.7. The molecule has 0 saturated carbocycles. The summed E-state index contributed by atoms with van der Waals surface area (Å²) in [5.41, 5.74) is 2.72. The van der Waals surface area contributed by atoms with Crippen LogP contribution in [-0.2, 0) is 14.0 Å². The van der Waals surface area contributed by atoms with Crippen molar-refractivity contribution in [3.8, 4) is 0 Å². The van der Waals surface area contributed by atoms with Crippen LogP contribution >= 0.6 is 0 Å². The van der Waals surface area contributed by atoms with Gasteiger partial charge in [0.05, 0.1) is 14.5 Å². The Morgan fingerprint density at radius 3 is 2.29 bits per heavy atom. The smallest absolute Gasteiger partial charge is 0.333 e. The Hall–Kier alpha value is -0.396.